The number of halogens is 4. The number of nitrogens with one attached hydrogen (secondary N) is 1. The molecular weight excluding hydrogens is 288 g/mol. The summed E-state index contributed by atoms with van der Waals surface area (Å²) in [5.41, 5.74) is 0. The van der Waals surface area contributed by atoms with Gasteiger partial charge >= 0.3 is 0 Å². The Morgan fingerprint density at radius 3 is 0.938 bits per heavy atom. The SMILES string of the molecule is C1CCCCCNCCCCC1.Cl.Cl.Cl.Cl. The van der Waals surface area contributed by atoms with Crippen LogP contribution in [0, 0.1) is 0 Å². The zero-order chi connectivity index (χ0) is 8.49. The van der Waals surface area contributed by atoms with Crippen LogP contribution in [0.4, 0.5) is 0 Å². The van der Waals surface area contributed by atoms with E-state index in [4.69, 9.17) is 0 Å². The van der Waals surface area contributed by atoms with Gasteiger partial charge in [-0.25, -0.2) is 0 Å². The van der Waals surface area contributed by atoms with Gasteiger partial charge in [0.1, 0.15) is 0 Å². The van der Waals surface area contributed by atoms with Crippen LogP contribution >= 0.6 is 49.6 Å². The highest BCUT2D eigenvalue weighted by atomic mass is 35.5. The first-order valence-corrected chi connectivity index (χ1v) is 5.71. The van der Waals surface area contributed by atoms with Gasteiger partial charge in [0.25, 0.3) is 0 Å². The molecule has 0 atom stereocenters. The zero-order valence-electron chi connectivity index (χ0n) is 9.91. The average molecular weight is 315 g/mol. The first kappa shape index (κ1) is 25.8. The Labute approximate surface area is 126 Å². The van der Waals surface area contributed by atoms with Crippen LogP contribution in [0.15, 0.2) is 0 Å². The number of hydrogen-bond donors (Lipinski definition) is 1. The van der Waals surface area contributed by atoms with Gasteiger partial charge in [-0.1, -0.05) is 44.9 Å². The molecule has 1 aliphatic heterocycles. The molecule has 0 unspecified atom stereocenters. The Morgan fingerprint density at radius 1 is 0.375 bits per heavy atom. The molecule has 1 saturated heterocycles. The minimum absolute atomic E-state index is 0. The Balaban J connectivity index is -0.000000180. The number of rotatable bonds is 0. The highest BCUT2D eigenvalue weighted by Gasteiger charge is 1.95. The summed E-state index contributed by atoms with van der Waals surface area (Å²) in [6, 6.07) is 0. The smallest absolute Gasteiger partial charge is 0.00489 e. The topological polar surface area (TPSA) is 12.0 Å². The standard InChI is InChI=1S/C11H23N.4ClH/c1-2-4-6-8-10-12-11-9-7-5-3-1;;;;/h12H,1-11H2;4*1H. The van der Waals surface area contributed by atoms with Crippen LogP contribution in [0.5, 0.6) is 0 Å². The molecule has 0 aromatic heterocycles. The van der Waals surface area contributed by atoms with Crippen molar-refractivity contribution in [2.24, 2.45) is 0 Å². The Morgan fingerprint density at radius 2 is 0.625 bits per heavy atom. The summed E-state index contributed by atoms with van der Waals surface area (Å²) in [7, 11) is 0. The van der Waals surface area contributed by atoms with Gasteiger partial charge < -0.3 is 5.32 Å². The van der Waals surface area contributed by atoms with E-state index >= 15 is 0 Å². The van der Waals surface area contributed by atoms with Gasteiger partial charge in [0, 0.05) is 0 Å². The summed E-state index contributed by atoms with van der Waals surface area (Å²) in [6.45, 7) is 2.50. The fourth-order valence-corrected chi connectivity index (χ4v) is 1.86. The molecule has 16 heavy (non-hydrogen) atoms. The van der Waals surface area contributed by atoms with Crippen molar-refractivity contribution in [1.29, 1.82) is 0 Å². The van der Waals surface area contributed by atoms with E-state index in [0.717, 1.165) is 0 Å². The molecule has 0 aromatic rings. The van der Waals surface area contributed by atoms with E-state index in [1.807, 2.05) is 0 Å². The van der Waals surface area contributed by atoms with Gasteiger partial charge in [-0.05, 0) is 25.9 Å². The third kappa shape index (κ3) is 17.5. The van der Waals surface area contributed by atoms with Gasteiger partial charge in [0.05, 0.1) is 0 Å². The summed E-state index contributed by atoms with van der Waals surface area (Å²) in [5.74, 6) is 0. The molecule has 1 nitrogen and oxygen atoms in total. The maximum atomic E-state index is 3.50. The predicted octanol–water partition coefficient (Wildman–Crippen LogP) is 4.79. The molecule has 1 heterocycles. The predicted molar refractivity (Wildman–Crippen MR) is 83.4 cm³/mol. The lowest BCUT2D eigenvalue weighted by atomic mass is 10.1. The van der Waals surface area contributed by atoms with Crippen LogP contribution < -0.4 is 5.32 Å². The summed E-state index contributed by atoms with van der Waals surface area (Å²) < 4.78 is 0. The summed E-state index contributed by atoms with van der Waals surface area (Å²) in [4.78, 5) is 0. The largest absolute Gasteiger partial charge is 0.317 e. The van der Waals surface area contributed by atoms with Crippen LogP contribution in [0.1, 0.15) is 57.8 Å². The Kier molecular flexibility index (Phi) is 34.6. The fourth-order valence-electron chi connectivity index (χ4n) is 1.86. The lowest BCUT2D eigenvalue weighted by Crippen LogP contribution is -2.16. The maximum Gasteiger partial charge on any atom is -0.00489 e. The number of hydrogen-bond acceptors (Lipinski definition) is 1. The molecular formula is C11H27Cl4N. The van der Waals surface area contributed by atoms with Gasteiger partial charge in [0.2, 0.25) is 0 Å². The van der Waals surface area contributed by atoms with Crippen molar-refractivity contribution < 1.29 is 0 Å². The van der Waals surface area contributed by atoms with Crippen molar-refractivity contribution >= 4 is 49.6 Å². The highest BCUT2D eigenvalue weighted by Crippen LogP contribution is 2.09. The van der Waals surface area contributed by atoms with Gasteiger partial charge in [-0.3, -0.25) is 0 Å². The molecule has 0 aliphatic carbocycles. The normalized spacial score (nSPS) is 18.0. The van der Waals surface area contributed by atoms with E-state index in [1.165, 1.54) is 70.9 Å². The Bertz CT molecular complexity index is 61.0. The monoisotopic (exact) mass is 313 g/mol. The van der Waals surface area contributed by atoms with Gasteiger partial charge in [-0.2, -0.15) is 0 Å². The van der Waals surface area contributed by atoms with Crippen molar-refractivity contribution in [2.45, 2.75) is 57.8 Å². The van der Waals surface area contributed by atoms with E-state index in [1.54, 1.807) is 0 Å². The summed E-state index contributed by atoms with van der Waals surface area (Å²) in [5, 5.41) is 3.50. The van der Waals surface area contributed by atoms with Crippen LogP contribution in [-0.4, -0.2) is 13.1 Å². The zero-order valence-corrected chi connectivity index (χ0v) is 13.2. The molecule has 104 valence electrons. The van der Waals surface area contributed by atoms with E-state index < -0.39 is 0 Å². The van der Waals surface area contributed by atoms with Crippen LogP contribution in [0.25, 0.3) is 0 Å². The lowest BCUT2D eigenvalue weighted by molar-refractivity contribution is 0.512. The van der Waals surface area contributed by atoms with Crippen molar-refractivity contribution in [3.8, 4) is 0 Å². The van der Waals surface area contributed by atoms with E-state index in [9.17, 15) is 0 Å². The quantitative estimate of drug-likeness (QED) is 0.678. The molecule has 1 aliphatic rings. The third-order valence-electron chi connectivity index (χ3n) is 2.71. The van der Waals surface area contributed by atoms with Crippen molar-refractivity contribution in [3.05, 3.63) is 0 Å². The second-order valence-corrected chi connectivity index (χ2v) is 3.93. The minimum Gasteiger partial charge on any atom is -0.317 e. The van der Waals surface area contributed by atoms with Crippen molar-refractivity contribution in [3.63, 3.8) is 0 Å². The molecule has 0 aromatic carbocycles. The maximum absolute atomic E-state index is 3.50. The van der Waals surface area contributed by atoms with E-state index in [0.29, 0.717) is 0 Å². The summed E-state index contributed by atoms with van der Waals surface area (Å²) in [6.07, 6.45) is 13.0. The molecule has 1 rings (SSSR count). The van der Waals surface area contributed by atoms with E-state index in [-0.39, 0.29) is 49.6 Å². The third-order valence-corrected chi connectivity index (χ3v) is 2.71. The van der Waals surface area contributed by atoms with Crippen LogP contribution in [-0.2, 0) is 0 Å². The first-order valence-electron chi connectivity index (χ1n) is 5.71. The van der Waals surface area contributed by atoms with Crippen LogP contribution in [0.2, 0.25) is 0 Å². The highest BCUT2D eigenvalue weighted by molar-refractivity contribution is 5.86. The fraction of sp³-hybridized carbons (Fsp3) is 1.00. The molecule has 0 bridgehead atoms. The van der Waals surface area contributed by atoms with E-state index in [2.05, 4.69) is 5.32 Å². The molecule has 0 spiro atoms. The molecule has 1 fully saturated rings. The molecule has 0 amide bonds. The minimum atomic E-state index is 0. The van der Waals surface area contributed by atoms with Gasteiger partial charge in [-0.15, -0.1) is 49.6 Å². The second kappa shape index (κ2) is 21.4. The summed E-state index contributed by atoms with van der Waals surface area (Å²) >= 11 is 0. The van der Waals surface area contributed by atoms with Crippen molar-refractivity contribution in [1.82, 2.24) is 5.32 Å². The first-order chi connectivity index (χ1) is 6.00. The van der Waals surface area contributed by atoms with Crippen LogP contribution in [0.3, 0.4) is 0 Å². The van der Waals surface area contributed by atoms with Gasteiger partial charge in [0.15, 0.2) is 0 Å². The lowest BCUT2D eigenvalue weighted by Gasteiger charge is -2.07. The Hall–Kier alpha value is 1.12. The van der Waals surface area contributed by atoms with Crippen molar-refractivity contribution in [2.75, 3.05) is 13.1 Å². The second-order valence-electron chi connectivity index (χ2n) is 3.93. The average Bonchev–Trinajstić information content (AvgIpc) is 2.05. The molecule has 5 heteroatoms. The molecule has 0 radical (unpaired) electrons. The molecule has 0 saturated carbocycles. The molecule has 1 N–H and O–H groups in total.